The summed E-state index contributed by atoms with van der Waals surface area (Å²) in [6, 6.07) is 14.0. The van der Waals surface area contributed by atoms with Crippen molar-refractivity contribution in [2.45, 2.75) is 18.9 Å². The Labute approximate surface area is 164 Å². The summed E-state index contributed by atoms with van der Waals surface area (Å²) < 4.78 is 5.10. The first-order chi connectivity index (χ1) is 13.6. The van der Waals surface area contributed by atoms with Crippen LogP contribution in [0.15, 0.2) is 48.5 Å². The number of piperidine rings is 1. The second-order valence-electron chi connectivity index (χ2n) is 7.51. The van der Waals surface area contributed by atoms with Gasteiger partial charge >= 0.3 is 0 Å². The summed E-state index contributed by atoms with van der Waals surface area (Å²) in [7, 11) is 1.52. The number of amides is 2. The van der Waals surface area contributed by atoms with Gasteiger partial charge in [-0.1, -0.05) is 18.2 Å². The number of aromatic hydroxyl groups is 1. The molecule has 0 saturated carbocycles. The van der Waals surface area contributed by atoms with Crippen molar-refractivity contribution < 1.29 is 19.4 Å². The average Bonchev–Trinajstić information content (AvgIpc) is 3.05. The molecule has 2 atom stereocenters. The number of phenolic OH excluding ortho intramolecular Hbond substituents is 1. The van der Waals surface area contributed by atoms with Crippen LogP contribution < -0.4 is 4.74 Å². The third-order valence-corrected chi connectivity index (χ3v) is 5.72. The number of methoxy groups -OCH3 is 1. The van der Waals surface area contributed by atoms with Gasteiger partial charge in [0.25, 0.3) is 11.8 Å². The van der Waals surface area contributed by atoms with Crippen molar-refractivity contribution in [3.8, 4) is 11.5 Å². The monoisotopic (exact) mass is 380 g/mol. The number of fused-ring (bicyclic) bond motifs is 4. The Morgan fingerprint density at radius 1 is 1.00 bits per heavy atom. The molecule has 146 valence electrons. The molecule has 2 amide bonds. The van der Waals surface area contributed by atoms with Crippen molar-refractivity contribution in [3.63, 3.8) is 0 Å². The molecule has 6 heteroatoms. The van der Waals surface area contributed by atoms with E-state index in [-0.39, 0.29) is 35.1 Å². The van der Waals surface area contributed by atoms with Gasteiger partial charge in [-0.05, 0) is 43.0 Å². The molecule has 0 aliphatic carbocycles. The number of hydrogen-bond acceptors (Lipinski definition) is 4. The number of phenols is 1. The van der Waals surface area contributed by atoms with Gasteiger partial charge in [0.1, 0.15) is 11.5 Å². The first-order valence-electron chi connectivity index (χ1n) is 9.59. The Kier molecular flexibility index (Phi) is 4.94. The minimum Gasteiger partial charge on any atom is -0.507 e. The summed E-state index contributed by atoms with van der Waals surface area (Å²) in [4.78, 5) is 29.7. The van der Waals surface area contributed by atoms with Crippen LogP contribution >= 0.6 is 0 Å². The summed E-state index contributed by atoms with van der Waals surface area (Å²) in [5.41, 5.74) is 0.948. The number of ether oxygens (including phenoxy) is 1. The van der Waals surface area contributed by atoms with Gasteiger partial charge in [-0.3, -0.25) is 9.59 Å². The first kappa shape index (κ1) is 18.3. The molecule has 3 heterocycles. The Balaban J connectivity index is 1.55. The predicted molar refractivity (Wildman–Crippen MR) is 105 cm³/mol. The molecule has 0 spiro atoms. The number of carbonyl (C=O) groups is 2. The van der Waals surface area contributed by atoms with Crippen molar-refractivity contribution in [2.75, 3.05) is 26.7 Å². The van der Waals surface area contributed by atoms with Crippen LogP contribution in [0.4, 0.5) is 0 Å². The summed E-state index contributed by atoms with van der Waals surface area (Å²) in [5.74, 6) is 0.492. The maximum absolute atomic E-state index is 13.1. The fourth-order valence-electron chi connectivity index (χ4n) is 4.23. The maximum atomic E-state index is 13.1. The topological polar surface area (TPSA) is 70.1 Å². The van der Waals surface area contributed by atoms with E-state index in [0.717, 1.165) is 12.8 Å². The molecule has 28 heavy (non-hydrogen) atoms. The van der Waals surface area contributed by atoms with E-state index in [1.54, 1.807) is 12.1 Å². The SMILES string of the molecule is COc1ccc(C(=O)N2CC3CCC2CN(C(=O)c2ccccc2)C3)c(O)c1. The lowest BCUT2D eigenvalue weighted by molar-refractivity contribution is 0.0571. The maximum Gasteiger partial charge on any atom is 0.257 e. The highest BCUT2D eigenvalue weighted by Crippen LogP contribution is 2.32. The first-order valence-corrected chi connectivity index (χ1v) is 9.59. The molecule has 3 aliphatic heterocycles. The number of benzene rings is 2. The highest BCUT2D eigenvalue weighted by molar-refractivity contribution is 5.98. The van der Waals surface area contributed by atoms with E-state index in [1.165, 1.54) is 13.2 Å². The molecule has 5 rings (SSSR count). The molecule has 2 aromatic carbocycles. The van der Waals surface area contributed by atoms with Gasteiger partial charge in [0.15, 0.2) is 0 Å². The largest absolute Gasteiger partial charge is 0.507 e. The van der Waals surface area contributed by atoms with Crippen LogP contribution in [0.3, 0.4) is 0 Å². The molecule has 0 radical (unpaired) electrons. The van der Waals surface area contributed by atoms with Gasteiger partial charge in [-0.25, -0.2) is 0 Å². The van der Waals surface area contributed by atoms with Crippen molar-refractivity contribution in [2.24, 2.45) is 5.92 Å². The fraction of sp³-hybridized carbons (Fsp3) is 0.364. The quantitative estimate of drug-likeness (QED) is 0.889. The van der Waals surface area contributed by atoms with Crippen LogP contribution in [0.5, 0.6) is 11.5 Å². The molecule has 2 bridgehead atoms. The number of hydrogen-bond donors (Lipinski definition) is 1. The zero-order valence-electron chi connectivity index (χ0n) is 15.9. The molecule has 2 aromatic rings. The van der Waals surface area contributed by atoms with Crippen molar-refractivity contribution >= 4 is 11.8 Å². The van der Waals surface area contributed by atoms with Crippen LogP contribution in [-0.2, 0) is 0 Å². The van der Waals surface area contributed by atoms with Crippen LogP contribution in [0, 0.1) is 5.92 Å². The lowest BCUT2D eigenvalue weighted by Gasteiger charge is -2.36. The Morgan fingerprint density at radius 2 is 1.79 bits per heavy atom. The fourth-order valence-corrected chi connectivity index (χ4v) is 4.23. The Hall–Kier alpha value is -3.02. The summed E-state index contributed by atoms with van der Waals surface area (Å²) >= 11 is 0. The molecule has 1 N–H and O–H groups in total. The minimum absolute atomic E-state index is 0.0130. The average molecular weight is 380 g/mol. The van der Waals surface area contributed by atoms with Crippen molar-refractivity contribution in [3.05, 3.63) is 59.7 Å². The van der Waals surface area contributed by atoms with Gasteiger partial charge in [0, 0.05) is 37.3 Å². The van der Waals surface area contributed by atoms with E-state index in [4.69, 9.17) is 4.74 Å². The third-order valence-electron chi connectivity index (χ3n) is 5.72. The molecule has 3 saturated heterocycles. The highest BCUT2D eigenvalue weighted by atomic mass is 16.5. The van der Waals surface area contributed by atoms with E-state index in [0.29, 0.717) is 30.9 Å². The molecular formula is C22H24N2O4. The van der Waals surface area contributed by atoms with Crippen LogP contribution in [0.2, 0.25) is 0 Å². The van der Waals surface area contributed by atoms with E-state index < -0.39 is 0 Å². The molecule has 3 aliphatic rings. The highest BCUT2D eigenvalue weighted by Gasteiger charge is 2.39. The Morgan fingerprint density at radius 3 is 2.50 bits per heavy atom. The number of rotatable bonds is 3. The number of nitrogens with zero attached hydrogens (tertiary/aromatic N) is 2. The summed E-state index contributed by atoms with van der Waals surface area (Å²) in [6.45, 7) is 1.78. The van der Waals surface area contributed by atoms with Gasteiger partial charge in [-0.15, -0.1) is 0 Å². The zero-order chi connectivity index (χ0) is 19.7. The van der Waals surface area contributed by atoms with Crippen molar-refractivity contribution in [1.82, 2.24) is 9.80 Å². The lowest BCUT2D eigenvalue weighted by Crippen LogP contribution is -2.47. The summed E-state index contributed by atoms with van der Waals surface area (Å²) in [6.07, 6.45) is 1.87. The lowest BCUT2D eigenvalue weighted by atomic mass is 9.94. The Bertz CT molecular complexity index is 883. The van der Waals surface area contributed by atoms with Crippen LogP contribution in [-0.4, -0.2) is 59.5 Å². The standard InChI is InChI=1S/C22H24N2O4/c1-28-18-9-10-19(20(25)11-18)22(27)24-13-15-7-8-17(24)14-23(12-15)21(26)16-5-3-2-4-6-16/h2-6,9-11,15,17,25H,7-8,12-14H2,1H3. The van der Waals surface area contributed by atoms with Crippen molar-refractivity contribution in [1.29, 1.82) is 0 Å². The minimum atomic E-state index is -0.191. The smallest absolute Gasteiger partial charge is 0.257 e. The second-order valence-corrected chi connectivity index (χ2v) is 7.51. The second kappa shape index (κ2) is 7.54. The van der Waals surface area contributed by atoms with Gasteiger partial charge < -0.3 is 19.6 Å². The van der Waals surface area contributed by atoms with Gasteiger partial charge in [0.2, 0.25) is 0 Å². The van der Waals surface area contributed by atoms with Gasteiger partial charge in [-0.2, -0.15) is 0 Å². The van der Waals surface area contributed by atoms with E-state index >= 15 is 0 Å². The van der Waals surface area contributed by atoms with E-state index in [9.17, 15) is 14.7 Å². The van der Waals surface area contributed by atoms with Gasteiger partial charge in [0.05, 0.1) is 12.7 Å². The van der Waals surface area contributed by atoms with Crippen LogP contribution in [0.1, 0.15) is 33.6 Å². The molecule has 0 aromatic heterocycles. The van der Waals surface area contributed by atoms with E-state index in [1.807, 2.05) is 40.1 Å². The van der Waals surface area contributed by atoms with Crippen LogP contribution in [0.25, 0.3) is 0 Å². The summed E-state index contributed by atoms with van der Waals surface area (Å²) in [5, 5.41) is 10.3. The molecule has 3 fully saturated rings. The normalized spacial score (nSPS) is 21.3. The molecular weight excluding hydrogens is 356 g/mol. The zero-order valence-corrected chi connectivity index (χ0v) is 15.9. The number of carbonyl (C=O) groups excluding carboxylic acids is 2. The molecule has 6 nitrogen and oxygen atoms in total. The third kappa shape index (κ3) is 3.42. The molecule has 2 unspecified atom stereocenters. The predicted octanol–water partition coefficient (Wildman–Crippen LogP) is 2.78. The van der Waals surface area contributed by atoms with E-state index in [2.05, 4.69) is 0 Å².